The van der Waals surface area contributed by atoms with Crippen LogP contribution in [0, 0.1) is 0 Å². The molecule has 6 rings (SSSR count). The largest absolute Gasteiger partial charge is 1.00 e. The molecule has 2 aliphatic heterocycles. The molecule has 0 aliphatic carbocycles. The van der Waals surface area contributed by atoms with Gasteiger partial charge in [0.05, 0.1) is 55.0 Å². The van der Waals surface area contributed by atoms with Crippen LogP contribution in [0.3, 0.4) is 0 Å². The predicted molar refractivity (Wildman–Crippen MR) is 151 cm³/mol. The zero-order chi connectivity index (χ0) is 26.1. The highest BCUT2D eigenvalue weighted by Crippen LogP contribution is 2.39. The second kappa shape index (κ2) is 14.7. The first-order valence-electron chi connectivity index (χ1n) is 13.9. The molecule has 2 aromatic carbocycles. The molecule has 0 atom stereocenters. The number of halogens is 3. The molecule has 4 aromatic rings. The average Bonchev–Trinajstić information content (AvgIpc) is 3.69. The maximum Gasteiger partial charge on any atom is 0.346 e. The van der Waals surface area contributed by atoms with Gasteiger partial charge in [-0.1, -0.05) is 12.1 Å². The zero-order valence-corrected chi connectivity index (χ0v) is 26.2. The number of anilines is 2. The van der Waals surface area contributed by atoms with Crippen LogP contribution >= 0.6 is 11.3 Å². The smallest absolute Gasteiger partial charge is 0.346 e. The normalized spacial score (nSPS) is 15.3. The van der Waals surface area contributed by atoms with E-state index in [0.29, 0.717) is 17.9 Å². The summed E-state index contributed by atoms with van der Waals surface area (Å²) in [5.74, 6) is 0.0845. The predicted octanol–water partition coefficient (Wildman–Crippen LogP) is -6.14. The molecule has 2 saturated heterocycles. The number of aromatic nitrogens is 1. The van der Waals surface area contributed by atoms with E-state index in [1.54, 1.807) is 17.5 Å². The number of quaternary nitrogens is 2. The number of hydrogen-bond acceptors (Lipinski definition) is 5. The number of esters is 1. The molecule has 7 nitrogen and oxygen atoms in total. The van der Waals surface area contributed by atoms with Crippen molar-refractivity contribution in [1.82, 2.24) is 0 Å². The SMILES string of the molecule is CCOC(=O)c1c[nH+]c2c(sc3ccccc32)c1Nc1cc(C[NH+]2CCCC2)c(O)c(C[NH+]2CCCC2)c1.[Cl-].[Cl-].[Cl-]. The van der Waals surface area contributed by atoms with Gasteiger partial charge in [0.1, 0.15) is 29.1 Å². The second-order valence-electron chi connectivity index (χ2n) is 10.6. The summed E-state index contributed by atoms with van der Waals surface area (Å²) in [6.07, 6.45) is 6.73. The molecule has 0 radical (unpaired) electrons. The van der Waals surface area contributed by atoms with E-state index in [0.717, 1.165) is 82.1 Å². The van der Waals surface area contributed by atoms with Gasteiger partial charge in [-0.25, -0.2) is 9.78 Å². The van der Waals surface area contributed by atoms with Crippen LogP contribution in [0.1, 0.15) is 54.1 Å². The van der Waals surface area contributed by atoms with Crippen LogP contribution in [0.2, 0.25) is 0 Å². The van der Waals surface area contributed by atoms with Crippen LogP contribution in [-0.4, -0.2) is 43.9 Å². The van der Waals surface area contributed by atoms with E-state index < -0.39 is 0 Å². The van der Waals surface area contributed by atoms with Crippen molar-refractivity contribution in [2.75, 3.05) is 38.1 Å². The summed E-state index contributed by atoms with van der Waals surface area (Å²) in [6, 6.07) is 12.4. The first-order valence-corrected chi connectivity index (χ1v) is 14.7. The molecule has 5 N–H and O–H groups in total. The van der Waals surface area contributed by atoms with Gasteiger partial charge in [0.2, 0.25) is 5.52 Å². The maximum atomic E-state index is 13.0. The first-order chi connectivity index (χ1) is 18.6. The monoisotopic (exact) mass is 638 g/mol. The van der Waals surface area contributed by atoms with Crippen LogP contribution in [0.25, 0.3) is 20.3 Å². The third kappa shape index (κ3) is 7.01. The Morgan fingerprint density at radius 1 is 0.976 bits per heavy atom. The quantitative estimate of drug-likeness (QED) is 0.114. The van der Waals surface area contributed by atoms with Crippen molar-refractivity contribution in [3.05, 3.63) is 59.3 Å². The summed E-state index contributed by atoms with van der Waals surface area (Å²) in [5.41, 5.74) is 5.10. The number of carbonyl (C=O) groups excluding carboxylic acids is 1. The molecule has 2 aromatic heterocycles. The molecule has 2 aliphatic rings. The van der Waals surface area contributed by atoms with Gasteiger partial charge in [0.15, 0.2) is 6.20 Å². The number of rotatable bonds is 8. The topological polar surface area (TPSA) is 81.6 Å². The Morgan fingerprint density at radius 2 is 1.56 bits per heavy atom. The highest BCUT2D eigenvalue weighted by Gasteiger charge is 2.26. The molecule has 11 heteroatoms. The van der Waals surface area contributed by atoms with Gasteiger partial charge in [-0.3, -0.25) is 0 Å². The fourth-order valence-electron chi connectivity index (χ4n) is 6.09. The van der Waals surface area contributed by atoms with Gasteiger partial charge in [0, 0.05) is 36.1 Å². The molecular weight excluding hydrogens is 603 g/mol. The lowest BCUT2D eigenvalue weighted by Gasteiger charge is -2.19. The van der Waals surface area contributed by atoms with E-state index in [1.165, 1.54) is 35.5 Å². The van der Waals surface area contributed by atoms with Crippen molar-refractivity contribution in [3.8, 4) is 5.75 Å². The highest BCUT2D eigenvalue weighted by molar-refractivity contribution is 7.26. The third-order valence-corrected chi connectivity index (χ3v) is 9.18. The van der Waals surface area contributed by atoms with Crippen LogP contribution in [0.15, 0.2) is 42.6 Å². The Bertz CT molecular complexity index is 1450. The number of aromatic hydroxyl groups is 1. The van der Waals surface area contributed by atoms with E-state index in [-0.39, 0.29) is 43.2 Å². The molecule has 4 heterocycles. The summed E-state index contributed by atoms with van der Waals surface area (Å²) in [4.78, 5) is 19.4. The number of pyridine rings is 1. The fourth-order valence-corrected chi connectivity index (χ4v) is 7.27. The third-order valence-electron chi connectivity index (χ3n) is 7.99. The Morgan fingerprint density at radius 3 is 2.15 bits per heavy atom. The van der Waals surface area contributed by atoms with Gasteiger partial charge < -0.3 is 62.2 Å². The van der Waals surface area contributed by atoms with Gasteiger partial charge in [-0.2, -0.15) is 0 Å². The number of carbonyl (C=O) groups is 1. The van der Waals surface area contributed by atoms with Crippen LogP contribution < -0.4 is 57.3 Å². The Labute approximate surface area is 263 Å². The second-order valence-corrected chi connectivity index (χ2v) is 11.7. The number of aromatic amines is 1. The minimum Gasteiger partial charge on any atom is -1.00 e. The number of fused-ring (bicyclic) bond motifs is 3. The number of thiophene rings is 1. The van der Waals surface area contributed by atoms with E-state index in [2.05, 4.69) is 34.6 Å². The number of phenols is 1. The lowest BCUT2D eigenvalue weighted by molar-refractivity contribution is -0.902. The summed E-state index contributed by atoms with van der Waals surface area (Å²) in [5, 5.41) is 16.1. The Balaban J connectivity index is 0.00000154. The minimum atomic E-state index is -0.354. The van der Waals surface area contributed by atoms with E-state index in [9.17, 15) is 9.90 Å². The highest BCUT2D eigenvalue weighted by atomic mass is 35.5. The summed E-state index contributed by atoms with van der Waals surface area (Å²) in [7, 11) is 0. The van der Waals surface area contributed by atoms with Crippen LogP contribution in [0.4, 0.5) is 11.4 Å². The number of nitrogens with one attached hydrogen (secondary N) is 4. The van der Waals surface area contributed by atoms with Crippen molar-refractivity contribution in [1.29, 1.82) is 0 Å². The van der Waals surface area contributed by atoms with Crippen LogP contribution in [0.5, 0.6) is 5.75 Å². The lowest BCUT2D eigenvalue weighted by Crippen LogP contribution is -3.08. The van der Waals surface area contributed by atoms with E-state index in [1.807, 2.05) is 19.1 Å². The summed E-state index contributed by atoms with van der Waals surface area (Å²) >= 11 is 1.66. The van der Waals surface area contributed by atoms with Gasteiger partial charge in [-0.15, -0.1) is 11.3 Å². The minimum absolute atomic E-state index is 0. The standard InChI is InChI=1S/C30H34N4O3S.3ClH/c1-2-37-30(36)24-17-31-26-23-9-3-4-10-25(23)38-29(26)27(24)32-22-15-20(18-33-11-5-6-12-33)28(35)21(16-22)19-34-13-7-8-14-34;;;/h3-4,9-10,15-17,35H,2,5-8,11-14,18-19H2,1H3,(H,31,32);3*1H. The Kier molecular flexibility index (Phi) is 11.9. The summed E-state index contributed by atoms with van der Waals surface area (Å²) < 4.78 is 7.58. The van der Waals surface area contributed by atoms with Crippen molar-refractivity contribution in [2.45, 2.75) is 45.7 Å². The molecule has 41 heavy (non-hydrogen) atoms. The maximum absolute atomic E-state index is 13.0. The molecule has 0 saturated carbocycles. The molecule has 0 amide bonds. The molecule has 0 spiro atoms. The number of ether oxygens (including phenoxy) is 1. The first kappa shape index (κ1) is 33.2. The van der Waals surface area contributed by atoms with Crippen molar-refractivity contribution in [3.63, 3.8) is 0 Å². The summed E-state index contributed by atoms with van der Waals surface area (Å²) in [6.45, 7) is 8.35. The number of benzene rings is 2. The number of likely N-dealkylation sites (tertiary alicyclic amines) is 2. The molecular formula is C30H37Cl3N4O3S. The number of H-pyrrole nitrogens is 1. The number of phenolic OH excluding ortho intramolecular Hbond substituents is 1. The van der Waals surface area contributed by atoms with Gasteiger partial charge in [0.25, 0.3) is 0 Å². The van der Waals surface area contributed by atoms with Crippen molar-refractivity contribution >= 4 is 49.0 Å². The van der Waals surface area contributed by atoms with Crippen molar-refractivity contribution in [2.24, 2.45) is 0 Å². The average molecular weight is 640 g/mol. The molecule has 222 valence electrons. The Hall–Kier alpha value is -2.33. The van der Waals surface area contributed by atoms with E-state index in [4.69, 9.17) is 4.74 Å². The van der Waals surface area contributed by atoms with Crippen LogP contribution in [-0.2, 0) is 17.8 Å². The van der Waals surface area contributed by atoms with Gasteiger partial charge >= 0.3 is 5.97 Å². The van der Waals surface area contributed by atoms with Crippen molar-refractivity contribution < 1.29 is 66.6 Å². The van der Waals surface area contributed by atoms with E-state index >= 15 is 0 Å². The van der Waals surface area contributed by atoms with Gasteiger partial charge in [-0.05, 0) is 31.2 Å². The molecule has 0 unspecified atom stereocenters. The molecule has 0 bridgehead atoms. The molecule has 2 fully saturated rings. The fraction of sp³-hybridized carbons (Fsp3) is 0.400. The lowest BCUT2D eigenvalue weighted by atomic mass is 10.0. The number of hydrogen-bond donors (Lipinski definition) is 4. The zero-order valence-electron chi connectivity index (χ0n) is 23.1.